The number of aromatic nitrogens is 4. The van der Waals surface area contributed by atoms with E-state index in [1.165, 1.54) is 6.20 Å². The maximum atomic E-state index is 12.2. The minimum atomic E-state index is -0.117. The first-order valence-electron chi connectivity index (χ1n) is 6.36. The van der Waals surface area contributed by atoms with Gasteiger partial charge in [0.15, 0.2) is 0 Å². The number of piperazine rings is 1. The van der Waals surface area contributed by atoms with Crippen LogP contribution in [0.3, 0.4) is 0 Å². The van der Waals surface area contributed by atoms with Crippen LogP contribution in [0.15, 0.2) is 24.7 Å². The van der Waals surface area contributed by atoms with Gasteiger partial charge in [-0.1, -0.05) is 0 Å². The lowest BCUT2D eigenvalue weighted by molar-refractivity contribution is 0.0741. The SMILES string of the molecule is Nc1cn[nH]c1C(=O)N1CCN(c2ncccn2)CC1. The van der Waals surface area contributed by atoms with Gasteiger partial charge in [0.2, 0.25) is 5.95 Å². The standard InChI is InChI=1S/C12H15N7O/c13-9-8-16-17-10(9)11(20)18-4-6-19(7-5-18)12-14-2-1-3-15-12/h1-3,8H,4-7,13H2,(H,16,17). The molecule has 3 heterocycles. The number of nitrogens with zero attached hydrogens (tertiary/aromatic N) is 5. The van der Waals surface area contributed by atoms with E-state index in [4.69, 9.17) is 5.73 Å². The fourth-order valence-electron chi connectivity index (χ4n) is 2.19. The number of carbonyl (C=O) groups is 1. The molecule has 0 unspecified atom stereocenters. The number of rotatable bonds is 2. The van der Waals surface area contributed by atoms with Gasteiger partial charge in [-0.3, -0.25) is 9.89 Å². The largest absolute Gasteiger partial charge is 0.396 e. The average Bonchev–Trinajstić information content (AvgIpc) is 2.94. The van der Waals surface area contributed by atoms with Crippen molar-refractivity contribution in [2.75, 3.05) is 36.8 Å². The van der Waals surface area contributed by atoms with Crippen LogP contribution < -0.4 is 10.6 Å². The van der Waals surface area contributed by atoms with Crippen LogP contribution in [0, 0.1) is 0 Å². The number of H-pyrrole nitrogens is 1. The molecule has 2 aromatic rings. The average molecular weight is 273 g/mol. The van der Waals surface area contributed by atoms with E-state index in [1.807, 2.05) is 0 Å². The summed E-state index contributed by atoms with van der Waals surface area (Å²) in [6.07, 6.45) is 4.87. The van der Waals surface area contributed by atoms with E-state index in [0.717, 1.165) is 0 Å². The summed E-state index contributed by atoms with van der Waals surface area (Å²) in [7, 11) is 0. The van der Waals surface area contributed by atoms with E-state index >= 15 is 0 Å². The summed E-state index contributed by atoms with van der Waals surface area (Å²) in [5.74, 6) is 0.578. The summed E-state index contributed by atoms with van der Waals surface area (Å²) in [4.78, 5) is 24.5. The molecule has 0 bridgehead atoms. The van der Waals surface area contributed by atoms with Crippen molar-refractivity contribution in [2.45, 2.75) is 0 Å². The van der Waals surface area contributed by atoms with Gasteiger partial charge in [0.1, 0.15) is 5.69 Å². The highest BCUT2D eigenvalue weighted by molar-refractivity contribution is 5.97. The molecule has 1 fully saturated rings. The van der Waals surface area contributed by atoms with Crippen LogP contribution in [0.5, 0.6) is 0 Å². The van der Waals surface area contributed by atoms with E-state index in [2.05, 4.69) is 25.1 Å². The first-order chi connectivity index (χ1) is 9.75. The number of nitrogens with one attached hydrogen (secondary N) is 1. The Morgan fingerprint density at radius 3 is 2.50 bits per heavy atom. The molecular weight excluding hydrogens is 258 g/mol. The molecule has 20 heavy (non-hydrogen) atoms. The second kappa shape index (κ2) is 5.16. The van der Waals surface area contributed by atoms with E-state index < -0.39 is 0 Å². The van der Waals surface area contributed by atoms with Gasteiger partial charge >= 0.3 is 0 Å². The van der Waals surface area contributed by atoms with E-state index in [9.17, 15) is 4.79 Å². The molecule has 2 aromatic heterocycles. The van der Waals surface area contributed by atoms with Crippen LogP contribution in [0.1, 0.15) is 10.5 Å². The zero-order valence-corrected chi connectivity index (χ0v) is 10.9. The lowest BCUT2D eigenvalue weighted by Gasteiger charge is -2.34. The summed E-state index contributed by atoms with van der Waals surface area (Å²) in [6, 6.07) is 1.78. The van der Waals surface area contributed by atoms with Crippen molar-refractivity contribution in [1.29, 1.82) is 0 Å². The van der Waals surface area contributed by atoms with E-state index in [-0.39, 0.29) is 5.91 Å². The Morgan fingerprint density at radius 1 is 1.20 bits per heavy atom. The molecular formula is C12H15N7O. The van der Waals surface area contributed by atoms with Crippen LogP contribution in [-0.4, -0.2) is 57.2 Å². The van der Waals surface area contributed by atoms with Crippen LogP contribution in [0.2, 0.25) is 0 Å². The number of hydrogen-bond donors (Lipinski definition) is 2. The second-order valence-corrected chi connectivity index (χ2v) is 4.53. The third-order valence-electron chi connectivity index (χ3n) is 3.28. The first kappa shape index (κ1) is 12.4. The van der Waals surface area contributed by atoms with Crippen LogP contribution >= 0.6 is 0 Å². The maximum Gasteiger partial charge on any atom is 0.274 e. The monoisotopic (exact) mass is 273 g/mol. The van der Waals surface area contributed by atoms with Crippen molar-refractivity contribution in [2.24, 2.45) is 0 Å². The van der Waals surface area contributed by atoms with Crippen molar-refractivity contribution in [3.05, 3.63) is 30.4 Å². The number of anilines is 2. The van der Waals surface area contributed by atoms with Crippen molar-refractivity contribution in [3.63, 3.8) is 0 Å². The van der Waals surface area contributed by atoms with Gasteiger partial charge in [-0.2, -0.15) is 5.10 Å². The Morgan fingerprint density at radius 2 is 1.90 bits per heavy atom. The Labute approximate surface area is 115 Å². The van der Waals surface area contributed by atoms with Crippen LogP contribution in [-0.2, 0) is 0 Å². The third kappa shape index (κ3) is 2.27. The van der Waals surface area contributed by atoms with Gasteiger partial charge < -0.3 is 15.5 Å². The molecule has 1 amide bonds. The summed E-state index contributed by atoms with van der Waals surface area (Å²) < 4.78 is 0. The molecule has 8 nitrogen and oxygen atoms in total. The number of carbonyl (C=O) groups excluding carboxylic acids is 1. The molecule has 0 saturated carbocycles. The Kier molecular flexibility index (Phi) is 3.20. The molecule has 8 heteroatoms. The second-order valence-electron chi connectivity index (χ2n) is 4.53. The predicted octanol–water partition coefficient (Wildman–Crippen LogP) is -0.256. The molecule has 0 aliphatic carbocycles. The molecule has 1 aliphatic heterocycles. The molecule has 3 N–H and O–H groups in total. The summed E-state index contributed by atoms with van der Waals surface area (Å²) in [5, 5.41) is 6.41. The highest BCUT2D eigenvalue weighted by Gasteiger charge is 2.25. The minimum absolute atomic E-state index is 0.117. The number of amides is 1. The van der Waals surface area contributed by atoms with E-state index in [0.29, 0.717) is 43.5 Å². The zero-order chi connectivity index (χ0) is 13.9. The Bertz CT molecular complexity index is 589. The van der Waals surface area contributed by atoms with Crippen LogP contribution in [0.25, 0.3) is 0 Å². The molecule has 0 aromatic carbocycles. The molecule has 3 rings (SSSR count). The maximum absolute atomic E-state index is 12.2. The molecule has 0 atom stereocenters. The first-order valence-corrected chi connectivity index (χ1v) is 6.36. The summed E-state index contributed by atoms with van der Waals surface area (Å²) >= 11 is 0. The molecule has 1 saturated heterocycles. The fourth-order valence-corrected chi connectivity index (χ4v) is 2.19. The van der Waals surface area contributed by atoms with Crippen molar-refractivity contribution >= 4 is 17.5 Å². The van der Waals surface area contributed by atoms with Gasteiger partial charge in [0.25, 0.3) is 5.91 Å². The third-order valence-corrected chi connectivity index (χ3v) is 3.28. The minimum Gasteiger partial charge on any atom is -0.396 e. The highest BCUT2D eigenvalue weighted by Crippen LogP contribution is 2.14. The van der Waals surface area contributed by atoms with E-state index in [1.54, 1.807) is 23.4 Å². The molecule has 0 spiro atoms. The number of aromatic amines is 1. The van der Waals surface area contributed by atoms with Gasteiger partial charge in [0.05, 0.1) is 11.9 Å². The number of hydrogen-bond acceptors (Lipinski definition) is 6. The number of nitrogen functional groups attached to an aromatic ring is 1. The normalized spacial score (nSPS) is 15.4. The number of nitrogens with two attached hydrogens (primary N) is 1. The van der Waals surface area contributed by atoms with Crippen molar-refractivity contribution in [1.82, 2.24) is 25.1 Å². The summed E-state index contributed by atoms with van der Waals surface area (Å²) in [5.41, 5.74) is 6.43. The summed E-state index contributed by atoms with van der Waals surface area (Å²) in [6.45, 7) is 2.61. The smallest absolute Gasteiger partial charge is 0.274 e. The molecule has 1 aliphatic rings. The van der Waals surface area contributed by atoms with Crippen molar-refractivity contribution in [3.8, 4) is 0 Å². The Hall–Kier alpha value is -2.64. The molecule has 0 radical (unpaired) electrons. The topological polar surface area (TPSA) is 104 Å². The highest BCUT2D eigenvalue weighted by atomic mass is 16.2. The van der Waals surface area contributed by atoms with Crippen molar-refractivity contribution < 1.29 is 4.79 Å². The fraction of sp³-hybridized carbons (Fsp3) is 0.333. The zero-order valence-electron chi connectivity index (χ0n) is 10.9. The van der Waals surface area contributed by atoms with Gasteiger partial charge in [0, 0.05) is 38.6 Å². The lowest BCUT2D eigenvalue weighted by Crippen LogP contribution is -2.49. The molecule has 104 valence electrons. The predicted molar refractivity (Wildman–Crippen MR) is 73.1 cm³/mol. The van der Waals surface area contributed by atoms with Gasteiger partial charge in [-0.25, -0.2) is 9.97 Å². The van der Waals surface area contributed by atoms with Crippen LogP contribution in [0.4, 0.5) is 11.6 Å². The quantitative estimate of drug-likeness (QED) is 0.781. The van der Waals surface area contributed by atoms with Gasteiger partial charge in [-0.15, -0.1) is 0 Å². The van der Waals surface area contributed by atoms with Gasteiger partial charge in [-0.05, 0) is 6.07 Å². The Balaban J connectivity index is 1.64. The lowest BCUT2D eigenvalue weighted by atomic mass is 10.2.